The van der Waals surface area contributed by atoms with Gasteiger partial charge in [0, 0.05) is 25.3 Å². The molecule has 0 radical (unpaired) electrons. The van der Waals surface area contributed by atoms with Gasteiger partial charge in [-0.05, 0) is 55.5 Å². The first-order chi connectivity index (χ1) is 14.9. The van der Waals surface area contributed by atoms with E-state index in [4.69, 9.17) is 11.6 Å². The molecule has 1 fully saturated rings. The van der Waals surface area contributed by atoms with Crippen LogP contribution >= 0.6 is 11.6 Å². The van der Waals surface area contributed by atoms with Crippen LogP contribution in [0.3, 0.4) is 0 Å². The van der Waals surface area contributed by atoms with Crippen molar-refractivity contribution < 1.29 is 13.2 Å². The van der Waals surface area contributed by atoms with Gasteiger partial charge in [0.1, 0.15) is 0 Å². The van der Waals surface area contributed by atoms with Crippen molar-refractivity contribution in [1.29, 1.82) is 0 Å². The van der Waals surface area contributed by atoms with Crippen LogP contribution in [0, 0.1) is 0 Å². The third kappa shape index (κ3) is 5.05. The van der Waals surface area contributed by atoms with Crippen LogP contribution in [0.4, 0.5) is 11.4 Å². The Bertz CT molecular complexity index is 1050. The van der Waals surface area contributed by atoms with Gasteiger partial charge in [-0.3, -0.25) is 4.79 Å². The van der Waals surface area contributed by atoms with Crippen LogP contribution in [0.15, 0.2) is 47.4 Å². The Morgan fingerprint density at radius 3 is 2.48 bits per heavy atom. The lowest BCUT2D eigenvalue weighted by Gasteiger charge is -2.30. The molecule has 6 nitrogen and oxygen atoms in total. The Morgan fingerprint density at radius 1 is 0.968 bits per heavy atom. The lowest BCUT2D eigenvalue weighted by atomic mass is 10.0. The third-order valence-corrected chi connectivity index (χ3v) is 8.18. The number of benzene rings is 2. The lowest BCUT2D eigenvalue weighted by Crippen LogP contribution is -2.36. The second-order valence-corrected chi connectivity index (χ2v) is 10.5. The molecular weight excluding hydrogens is 434 g/mol. The molecular formula is C23H28ClN3O3S. The van der Waals surface area contributed by atoms with E-state index >= 15 is 0 Å². The molecule has 166 valence electrons. The summed E-state index contributed by atoms with van der Waals surface area (Å²) in [7, 11) is -3.61. The highest BCUT2D eigenvalue weighted by Crippen LogP contribution is 2.29. The van der Waals surface area contributed by atoms with E-state index in [9.17, 15) is 13.2 Å². The van der Waals surface area contributed by atoms with Gasteiger partial charge in [-0.2, -0.15) is 4.31 Å². The fourth-order valence-electron chi connectivity index (χ4n) is 4.33. The monoisotopic (exact) mass is 461 g/mol. The molecule has 0 unspecified atom stereocenters. The number of sulfonamides is 1. The standard InChI is InChI=1S/C23H28ClN3O3S/c24-20-12-11-19(31(29,30)27-14-5-1-2-6-15-27)16-21(20)25-23(28)17-26-13-7-9-18-8-3-4-10-22(18)26/h3-4,8,10-12,16H,1-2,5-7,9,13-15,17H2,(H,25,28). The quantitative estimate of drug-likeness (QED) is 0.720. The molecule has 8 heteroatoms. The number of para-hydroxylation sites is 1. The number of rotatable bonds is 5. The van der Waals surface area contributed by atoms with E-state index in [-0.39, 0.29) is 17.3 Å². The zero-order chi connectivity index (χ0) is 21.8. The maximum Gasteiger partial charge on any atom is 0.243 e. The number of fused-ring (bicyclic) bond motifs is 1. The molecule has 1 N–H and O–H groups in total. The first kappa shape index (κ1) is 22.1. The van der Waals surface area contributed by atoms with Crippen molar-refractivity contribution >= 4 is 38.9 Å². The first-order valence-electron chi connectivity index (χ1n) is 10.9. The summed E-state index contributed by atoms with van der Waals surface area (Å²) in [6.45, 7) is 2.06. The summed E-state index contributed by atoms with van der Waals surface area (Å²) < 4.78 is 27.8. The summed E-state index contributed by atoms with van der Waals surface area (Å²) >= 11 is 6.29. The second-order valence-electron chi connectivity index (χ2n) is 8.16. The second kappa shape index (κ2) is 9.59. The molecule has 31 heavy (non-hydrogen) atoms. The van der Waals surface area contributed by atoms with Gasteiger partial charge in [0.25, 0.3) is 0 Å². The largest absolute Gasteiger partial charge is 0.362 e. The number of carbonyl (C=O) groups excluding carboxylic acids is 1. The van der Waals surface area contributed by atoms with Crippen LogP contribution in [0.5, 0.6) is 0 Å². The maximum absolute atomic E-state index is 13.1. The maximum atomic E-state index is 13.1. The highest BCUT2D eigenvalue weighted by atomic mass is 35.5. The van der Waals surface area contributed by atoms with Gasteiger partial charge < -0.3 is 10.2 Å². The Balaban J connectivity index is 1.50. The molecule has 0 spiro atoms. The molecule has 2 aliphatic rings. The van der Waals surface area contributed by atoms with Gasteiger partial charge in [0.15, 0.2) is 0 Å². The summed E-state index contributed by atoms with van der Waals surface area (Å²) in [6.07, 6.45) is 5.84. The van der Waals surface area contributed by atoms with E-state index in [1.165, 1.54) is 23.8 Å². The van der Waals surface area contributed by atoms with Crippen molar-refractivity contribution in [2.24, 2.45) is 0 Å². The average Bonchev–Trinajstić information content (AvgIpc) is 3.06. The number of halogens is 1. The number of carbonyl (C=O) groups is 1. The molecule has 0 saturated carbocycles. The molecule has 0 atom stereocenters. The minimum absolute atomic E-state index is 0.164. The van der Waals surface area contributed by atoms with Gasteiger partial charge in [-0.15, -0.1) is 0 Å². The van der Waals surface area contributed by atoms with E-state index in [0.29, 0.717) is 23.8 Å². The number of hydrogen-bond donors (Lipinski definition) is 1. The SMILES string of the molecule is O=C(CN1CCCc2ccccc21)Nc1cc(S(=O)(=O)N2CCCCCC2)ccc1Cl. The fourth-order valence-corrected chi connectivity index (χ4v) is 6.04. The van der Waals surface area contributed by atoms with Crippen LogP contribution in [0.25, 0.3) is 0 Å². The van der Waals surface area contributed by atoms with Crippen LogP contribution < -0.4 is 10.2 Å². The summed E-state index contributed by atoms with van der Waals surface area (Å²) in [5.74, 6) is -0.220. The van der Waals surface area contributed by atoms with Crippen molar-refractivity contribution in [3.8, 4) is 0 Å². The number of nitrogens with zero attached hydrogens (tertiary/aromatic N) is 2. The summed E-state index contributed by atoms with van der Waals surface area (Å²) in [4.78, 5) is 15.0. The van der Waals surface area contributed by atoms with Crippen molar-refractivity contribution in [3.63, 3.8) is 0 Å². The number of nitrogens with one attached hydrogen (secondary N) is 1. The van der Waals surface area contributed by atoms with Crippen molar-refractivity contribution in [1.82, 2.24) is 4.31 Å². The topological polar surface area (TPSA) is 69.7 Å². The molecule has 1 saturated heterocycles. The van der Waals surface area contributed by atoms with Gasteiger partial charge in [0.05, 0.1) is 22.2 Å². The lowest BCUT2D eigenvalue weighted by molar-refractivity contribution is -0.115. The van der Waals surface area contributed by atoms with Gasteiger partial charge in [-0.25, -0.2) is 8.42 Å². The molecule has 0 aliphatic carbocycles. The number of anilines is 2. The Hall–Kier alpha value is -2.09. The summed E-state index contributed by atoms with van der Waals surface area (Å²) in [5.41, 5.74) is 2.64. The fraction of sp³-hybridized carbons (Fsp3) is 0.435. The minimum Gasteiger partial charge on any atom is -0.362 e. The van der Waals surface area contributed by atoms with E-state index in [1.807, 2.05) is 18.2 Å². The molecule has 1 amide bonds. The summed E-state index contributed by atoms with van der Waals surface area (Å²) in [6, 6.07) is 12.6. The Labute approximate surface area is 189 Å². The third-order valence-electron chi connectivity index (χ3n) is 5.96. The van der Waals surface area contributed by atoms with Crippen molar-refractivity contribution in [3.05, 3.63) is 53.1 Å². The Morgan fingerprint density at radius 2 is 1.71 bits per heavy atom. The van der Waals surface area contributed by atoms with Crippen molar-refractivity contribution in [2.45, 2.75) is 43.4 Å². The molecule has 4 rings (SSSR count). The van der Waals surface area contributed by atoms with Crippen LogP contribution in [0.1, 0.15) is 37.7 Å². The molecule has 2 aromatic rings. The van der Waals surface area contributed by atoms with E-state index < -0.39 is 10.0 Å². The molecule has 2 aliphatic heterocycles. The predicted molar refractivity (Wildman–Crippen MR) is 124 cm³/mol. The molecule has 0 bridgehead atoms. The molecule has 0 aromatic heterocycles. The first-order valence-corrected chi connectivity index (χ1v) is 12.7. The smallest absolute Gasteiger partial charge is 0.243 e. The highest BCUT2D eigenvalue weighted by Gasteiger charge is 2.26. The van der Waals surface area contributed by atoms with E-state index in [0.717, 1.165) is 50.8 Å². The van der Waals surface area contributed by atoms with Crippen LogP contribution in [-0.4, -0.2) is 44.8 Å². The van der Waals surface area contributed by atoms with Gasteiger partial charge in [0.2, 0.25) is 15.9 Å². The normalized spacial score (nSPS) is 17.6. The van der Waals surface area contributed by atoms with Crippen molar-refractivity contribution in [2.75, 3.05) is 36.4 Å². The minimum atomic E-state index is -3.61. The molecule has 2 aromatic carbocycles. The van der Waals surface area contributed by atoms with Gasteiger partial charge in [-0.1, -0.05) is 42.6 Å². The Kier molecular flexibility index (Phi) is 6.84. The predicted octanol–water partition coefficient (Wildman–Crippen LogP) is 4.30. The highest BCUT2D eigenvalue weighted by molar-refractivity contribution is 7.89. The van der Waals surface area contributed by atoms with Crippen LogP contribution in [-0.2, 0) is 21.2 Å². The number of hydrogen-bond acceptors (Lipinski definition) is 4. The van der Waals surface area contributed by atoms with E-state index in [1.54, 1.807) is 4.31 Å². The van der Waals surface area contributed by atoms with Gasteiger partial charge >= 0.3 is 0 Å². The molecule has 2 heterocycles. The number of amides is 1. The zero-order valence-electron chi connectivity index (χ0n) is 17.5. The average molecular weight is 462 g/mol. The van der Waals surface area contributed by atoms with E-state index in [2.05, 4.69) is 16.3 Å². The summed E-state index contributed by atoms with van der Waals surface area (Å²) in [5, 5.41) is 3.14. The van der Waals surface area contributed by atoms with Crippen LogP contribution in [0.2, 0.25) is 5.02 Å². The number of aryl methyl sites for hydroxylation is 1. The zero-order valence-corrected chi connectivity index (χ0v) is 19.1.